The Kier molecular flexibility index (Phi) is 12.3. The maximum Gasteiger partial charge on any atom is -0.172 e. The van der Waals surface area contributed by atoms with E-state index >= 15 is 0 Å². The molecule has 2 aliphatic carbocycles. The summed E-state index contributed by atoms with van der Waals surface area (Å²) in [6.07, 6.45) is 6.93. The Morgan fingerprint density at radius 1 is 0.794 bits per heavy atom. The molecular formula is C31H38Cl2Hf-2. The number of rotatable bonds is 0. The molecular weight excluding hydrogens is 622 g/mol. The minimum atomic E-state index is 0. The Morgan fingerprint density at radius 3 is 1.82 bits per heavy atom. The van der Waals surface area contributed by atoms with E-state index in [1.165, 1.54) is 83.0 Å². The van der Waals surface area contributed by atoms with Gasteiger partial charge in [0.2, 0.25) is 0 Å². The molecule has 0 N–H and O–H groups in total. The Balaban J connectivity index is 0.000000367. The molecule has 0 saturated heterocycles. The summed E-state index contributed by atoms with van der Waals surface area (Å²) >= 11 is 1.37. The first-order chi connectivity index (χ1) is 15.1. The molecule has 0 aliphatic heterocycles. The summed E-state index contributed by atoms with van der Waals surface area (Å²) in [5.74, 6) is 0. The van der Waals surface area contributed by atoms with Crippen molar-refractivity contribution in [3.63, 3.8) is 0 Å². The standard InChI is InChI=1S/C21H25.C5H8.C5H5.2ClH.Hf/c1-20(2,3)16-7-9-18-14(12-16)11-15-13-17(21(4,5)6)8-10-19(15)18;2*1-2-4-5-3-1;;;/h7-10,12H,11H2,1-6H3;1-4H2;1-5H;2*1H;/q-1;;-1;;;+2/p-2. The minimum absolute atomic E-state index is 0. The summed E-state index contributed by atoms with van der Waals surface area (Å²) in [5.41, 5.74) is 8.70. The first kappa shape index (κ1) is 31.1. The number of hydrogen-bond donors (Lipinski definition) is 0. The van der Waals surface area contributed by atoms with E-state index in [-0.39, 0.29) is 35.6 Å². The van der Waals surface area contributed by atoms with Gasteiger partial charge in [-0.05, 0) is 28.4 Å². The van der Waals surface area contributed by atoms with Gasteiger partial charge in [0.25, 0.3) is 0 Å². The maximum atomic E-state index is 3.67. The summed E-state index contributed by atoms with van der Waals surface area (Å²) in [5, 5.41) is 0. The van der Waals surface area contributed by atoms with Crippen molar-refractivity contribution in [1.29, 1.82) is 0 Å². The molecule has 2 aliphatic rings. The van der Waals surface area contributed by atoms with Crippen LogP contribution >= 0.6 is 0 Å². The third-order valence-corrected chi connectivity index (χ3v) is 8.02. The van der Waals surface area contributed by atoms with Crippen molar-refractivity contribution in [3.05, 3.63) is 89.0 Å². The van der Waals surface area contributed by atoms with E-state index in [0.29, 0.717) is 0 Å². The molecule has 3 aromatic rings. The minimum Gasteiger partial charge on any atom is -0.214 e. The zero-order valence-electron chi connectivity index (χ0n) is 21.6. The fraction of sp³-hybridized carbons (Fsp3) is 0.419. The molecule has 0 bridgehead atoms. The third kappa shape index (κ3) is 8.65. The van der Waals surface area contributed by atoms with E-state index in [4.69, 9.17) is 0 Å². The normalized spacial score (nSPS) is 13.8. The zero-order valence-corrected chi connectivity index (χ0v) is 26.7. The second-order valence-electron chi connectivity index (χ2n) is 11.1. The quantitative estimate of drug-likeness (QED) is 0.201. The molecule has 0 spiro atoms. The maximum absolute atomic E-state index is 3.67. The fourth-order valence-electron chi connectivity index (χ4n) is 4.15. The topological polar surface area (TPSA) is 0 Å². The number of fused-ring (bicyclic) bond motifs is 3. The molecule has 1 saturated carbocycles. The average molecular weight is 660 g/mol. The molecule has 0 radical (unpaired) electrons. The number of benzene rings is 2. The van der Waals surface area contributed by atoms with Gasteiger partial charge in [-0.15, -0.1) is 11.1 Å². The predicted octanol–water partition coefficient (Wildman–Crippen LogP) is 2.35. The Morgan fingerprint density at radius 2 is 1.38 bits per heavy atom. The Hall–Kier alpha value is -0.890. The summed E-state index contributed by atoms with van der Waals surface area (Å²) in [4.78, 5) is 0. The summed E-state index contributed by atoms with van der Waals surface area (Å²) in [7, 11) is 0. The van der Waals surface area contributed by atoms with E-state index in [1.807, 2.05) is 33.6 Å². The van der Waals surface area contributed by atoms with Crippen molar-refractivity contribution < 1.29 is 48.7 Å². The molecule has 3 aromatic carbocycles. The predicted molar refractivity (Wildman–Crippen MR) is 136 cm³/mol. The summed E-state index contributed by atoms with van der Waals surface area (Å²) < 4.78 is 1.84. The molecule has 0 nitrogen and oxygen atoms in total. The number of hydrogen-bond acceptors (Lipinski definition) is 0. The smallest absolute Gasteiger partial charge is 0.172 e. The van der Waals surface area contributed by atoms with Crippen molar-refractivity contribution in [3.8, 4) is 11.1 Å². The average Bonchev–Trinajstić information content (AvgIpc) is 3.48. The first-order valence-electron chi connectivity index (χ1n) is 12.0. The van der Waals surface area contributed by atoms with Crippen LogP contribution < -0.4 is 24.8 Å². The van der Waals surface area contributed by atoms with Crippen LogP contribution in [0.2, 0.25) is 0 Å². The van der Waals surface area contributed by atoms with Crippen LogP contribution in [0.25, 0.3) is 11.1 Å². The Bertz CT molecular complexity index is 948. The molecule has 3 heteroatoms. The van der Waals surface area contributed by atoms with Crippen LogP contribution in [-0.4, -0.2) is 3.26 Å². The van der Waals surface area contributed by atoms with Crippen LogP contribution in [-0.2, 0) is 41.1 Å². The van der Waals surface area contributed by atoms with Crippen LogP contribution in [0.4, 0.5) is 0 Å². The van der Waals surface area contributed by atoms with E-state index in [1.54, 1.807) is 0 Å². The Labute approximate surface area is 235 Å². The van der Waals surface area contributed by atoms with E-state index < -0.39 is 0 Å². The molecule has 0 heterocycles. The molecule has 182 valence electrons. The largest absolute Gasteiger partial charge is 0.214 e. The van der Waals surface area contributed by atoms with Crippen LogP contribution in [0.3, 0.4) is 0 Å². The van der Waals surface area contributed by atoms with Crippen LogP contribution in [0.1, 0.15) is 89.5 Å². The fourth-order valence-corrected chi connectivity index (χ4v) is 5.42. The summed E-state index contributed by atoms with van der Waals surface area (Å²) in [6.45, 7) is 13.6. The van der Waals surface area contributed by atoms with Gasteiger partial charge in [0.15, 0.2) is 0 Å². The zero-order chi connectivity index (χ0) is 23.4. The van der Waals surface area contributed by atoms with Crippen molar-refractivity contribution >= 4 is 3.26 Å². The molecule has 0 atom stereocenters. The van der Waals surface area contributed by atoms with E-state index in [0.717, 1.165) is 6.42 Å². The van der Waals surface area contributed by atoms with Crippen molar-refractivity contribution in [2.24, 2.45) is 0 Å². The van der Waals surface area contributed by atoms with Crippen molar-refractivity contribution in [2.45, 2.75) is 84.5 Å². The van der Waals surface area contributed by atoms with Gasteiger partial charge in [-0.3, -0.25) is 0 Å². The van der Waals surface area contributed by atoms with Gasteiger partial charge >= 0.3 is 52.8 Å². The van der Waals surface area contributed by atoms with Gasteiger partial charge in [-0.2, -0.15) is 42.0 Å². The molecule has 0 unspecified atom stereocenters. The number of halogens is 2. The van der Waals surface area contributed by atoms with Gasteiger partial charge < -0.3 is 24.8 Å². The van der Waals surface area contributed by atoms with E-state index in [9.17, 15) is 0 Å². The van der Waals surface area contributed by atoms with Gasteiger partial charge in [-0.25, -0.2) is 12.1 Å². The van der Waals surface area contributed by atoms with Gasteiger partial charge in [0, 0.05) is 0 Å². The van der Waals surface area contributed by atoms with Gasteiger partial charge in [0.1, 0.15) is 0 Å². The van der Waals surface area contributed by atoms with Crippen molar-refractivity contribution in [1.82, 2.24) is 0 Å². The monoisotopic (exact) mass is 660 g/mol. The van der Waals surface area contributed by atoms with Crippen LogP contribution in [0.15, 0.2) is 60.7 Å². The SMILES string of the molecule is CC(C)(C)c1[c-]c2c(cc1)-c1ccc(C(C)(C)C)cc1C2.[Cl-].[Cl-].[Hf+2]=[C]1CCCC1.c1cc[cH-]c1. The van der Waals surface area contributed by atoms with Gasteiger partial charge in [-0.1, -0.05) is 65.3 Å². The summed E-state index contributed by atoms with van der Waals surface area (Å²) in [6, 6.07) is 25.2. The molecule has 5 rings (SSSR count). The molecule has 34 heavy (non-hydrogen) atoms. The van der Waals surface area contributed by atoms with Crippen LogP contribution in [0, 0.1) is 6.07 Å². The first-order valence-corrected chi connectivity index (χ1v) is 13.8. The second kappa shape index (κ2) is 13.4. The van der Waals surface area contributed by atoms with Crippen LogP contribution in [0.5, 0.6) is 0 Å². The molecule has 0 aromatic heterocycles. The third-order valence-electron chi connectivity index (χ3n) is 6.23. The molecule has 1 fully saturated rings. The van der Waals surface area contributed by atoms with E-state index in [2.05, 4.69) is 77.9 Å². The van der Waals surface area contributed by atoms with Gasteiger partial charge in [0.05, 0.1) is 0 Å². The molecule has 0 amide bonds. The van der Waals surface area contributed by atoms with Crippen molar-refractivity contribution in [2.75, 3.05) is 0 Å². The second-order valence-corrected chi connectivity index (χ2v) is 13.6.